The van der Waals surface area contributed by atoms with Crippen LogP contribution in [0.5, 0.6) is 0 Å². The van der Waals surface area contributed by atoms with Crippen molar-refractivity contribution in [1.82, 2.24) is 0 Å². The van der Waals surface area contributed by atoms with Crippen molar-refractivity contribution >= 4 is 5.97 Å². The molecule has 1 unspecified atom stereocenters. The Morgan fingerprint density at radius 3 is 2.53 bits per heavy atom. The van der Waals surface area contributed by atoms with Crippen molar-refractivity contribution in [2.45, 2.75) is 110 Å². The zero-order chi connectivity index (χ0) is 24.0. The van der Waals surface area contributed by atoms with Crippen LogP contribution in [0.3, 0.4) is 0 Å². The number of carbonyl (C=O) groups excluding carboxylic acids is 1. The van der Waals surface area contributed by atoms with E-state index in [2.05, 4.69) is 32.1 Å². The molecule has 0 amide bonds. The van der Waals surface area contributed by atoms with Gasteiger partial charge in [0.2, 0.25) is 0 Å². The summed E-state index contributed by atoms with van der Waals surface area (Å²) in [4.78, 5) is 12.2. The van der Waals surface area contributed by atoms with Gasteiger partial charge in [-0.2, -0.15) is 0 Å². The van der Waals surface area contributed by atoms with Crippen LogP contribution in [0.25, 0.3) is 0 Å². The van der Waals surface area contributed by atoms with Gasteiger partial charge in [-0.1, -0.05) is 36.6 Å². The Hall–Kier alpha value is -1.21. The average Bonchev–Trinajstić information content (AvgIpc) is 3.07. The van der Waals surface area contributed by atoms with Crippen molar-refractivity contribution in [3.63, 3.8) is 0 Å². The first-order valence-corrected chi connectivity index (χ1v) is 12.4. The van der Waals surface area contributed by atoms with Gasteiger partial charge in [0.25, 0.3) is 5.79 Å². The number of aliphatic hydroxyl groups is 3. The quantitative estimate of drug-likeness (QED) is 0.136. The van der Waals surface area contributed by atoms with Crippen LogP contribution in [-0.4, -0.2) is 52.5 Å². The van der Waals surface area contributed by atoms with Crippen LogP contribution in [0.15, 0.2) is 23.8 Å². The summed E-state index contributed by atoms with van der Waals surface area (Å²) in [5, 5.41) is 30.0. The molecular formula is C26H46O6. The molecule has 0 aromatic carbocycles. The molecule has 1 saturated carbocycles. The van der Waals surface area contributed by atoms with Crippen LogP contribution in [0, 0.1) is 11.8 Å². The Balaban J connectivity index is 2.42. The highest BCUT2D eigenvalue weighted by Crippen LogP contribution is 2.37. The Morgan fingerprint density at radius 2 is 1.88 bits per heavy atom. The first-order valence-electron chi connectivity index (χ1n) is 12.4. The second kappa shape index (κ2) is 15.6. The lowest BCUT2D eigenvalue weighted by atomic mass is 9.88. The fourth-order valence-corrected chi connectivity index (χ4v) is 4.29. The molecular weight excluding hydrogens is 408 g/mol. The largest absolute Gasteiger partial charge is 0.459 e. The zero-order valence-corrected chi connectivity index (χ0v) is 20.6. The van der Waals surface area contributed by atoms with Crippen molar-refractivity contribution in [3.05, 3.63) is 23.8 Å². The SMILES string of the molecule is CC(C)=CCCCC=C[C@H]1CC[C@H](O)[C@@H]1CCCCCC(O)(OCCO)C(=O)OC(C)C. The van der Waals surface area contributed by atoms with E-state index in [1.54, 1.807) is 13.8 Å². The van der Waals surface area contributed by atoms with Gasteiger partial charge < -0.3 is 24.8 Å². The molecule has 0 aliphatic heterocycles. The molecule has 4 atom stereocenters. The summed E-state index contributed by atoms with van der Waals surface area (Å²) in [7, 11) is 0. The van der Waals surface area contributed by atoms with E-state index in [1.165, 1.54) is 5.57 Å². The zero-order valence-electron chi connectivity index (χ0n) is 20.6. The normalized spacial score (nSPS) is 22.9. The number of hydrogen-bond acceptors (Lipinski definition) is 6. The highest BCUT2D eigenvalue weighted by atomic mass is 16.7. The summed E-state index contributed by atoms with van der Waals surface area (Å²) in [5.41, 5.74) is 1.36. The first kappa shape index (κ1) is 28.8. The van der Waals surface area contributed by atoms with Gasteiger partial charge in [0.15, 0.2) is 0 Å². The summed E-state index contributed by atoms with van der Waals surface area (Å²) < 4.78 is 10.3. The van der Waals surface area contributed by atoms with Crippen molar-refractivity contribution in [3.8, 4) is 0 Å². The predicted molar refractivity (Wildman–Crippen MR) is 127 cm³/mol. The van der Waals surface area contributed by atoms with Crippen molar-refractivity contribution in [2.75, 3.05) is 13.2 Å². The van der Waals surface area contributed by atoms with Crippen molar-refractivity contribution < 1.29 is 29.6 Å². The van der Waals surface area contributed by atoms with Crippen molar-refractivity contribution in [1.29, 1.82) is 0 Å². The van der Waals surface area contributed by atoms with E-state index in [1.807, 2.05) is 0 Å². The molecule has 0 aromatic heterocycles. The van der Waals surface area contributed by atoms with Crippen LogP contribution in [0.2, 0.25) is 0 Å². The van der Waals surface area contributed by atoms with E-state index >= 15 is 0 Å². The molecule has 0 saturated heterocycles. The number of esters is 1. The highest BCUT2D eigenvalue weighted by molar-refractivity contribution is 5.77. The smallest absolute Gasteiger partial charge is 0.366 e. The number of hydrogen-bond donors (Lipinski definition) is 3. The molecule has 6 heteroatoms. The molecule has 1 fully saturated rings. The molecule has 0 bridgehead atoms. The Morgan fingerprint density at radius 1 is 1.12 bits per heavy atom. The monoisotopic (exact) mass is 454 g/mol. The summed E-state index contributed by atoms with van der Waals surface area (Å²) in [6.45, 7) is 7.28. The summed E-state index contributed by atoms with van der Waals surface area (Å²) in [5.74, 6) is -2.11. The number of unbranched alkanes of at least 4 members (excludes halogenated alkanes) is 4. The maximum absolute atomic E-state index is 12.2. The predicted octanol–water partition coefficient (Wildman–Crippen LogP) is 4.67. The minimum atomic E-state index is -2.02. The lowest BCUT2D eigenvalue weighted by Gasteiger charge is -2.27. The van der Waals surface area contributed by atoms with Crippen LogP contribution in [-0.2, 0) is 14.3 Å². The summed E-state index contributed by atoms with van der Waals surface area (Å²) in [6, 6.07) is 0. The van der Waals surface area contributed by atoms with Crippen LogP contribution >= 0.6 is 0 Å². The lowest BCUT2D eigenvalue weighted by Crippen LogP contribution is -2.44. The molecule has 1 aliphatic rings. The summed E-state index contributed by atoms with van der Waals surface area (Å²) >= 11 is 0. The van der Waals surface area contributed by atoms with Crippen molar-refractivity contribution in [2.24, 2.45) is 11.8 Å². The van der Waals surface area contributed by atoms with Crippen LogP contribution in [0.1, 0.15) is 91.9 Å². The van der Waals surface area contributed by atoms with Gasteiger partial charge in [0, 0.05) is 6.42 Å². The molecule has 0 aromatic rings. The fourth-order valence-electron chi connectivity index (χ4n) is 4.29. The van der Waals surface area contributed by atoms with Gasteiger partial charge in [0.05, 0.1) is 25.4 Å². The van der Waals surface area contributed by atoms with E-state index in [-0.39, 0.29) is 37.8 Å². The molecule has 1 aliphatic carbocycles. The Labute approximate surface area is 194 Å². The minimum absolute atomic E-state index is 0.125. The van der Waals surface area contributed by atoms with E-state index in [0.717, 1.165) is 51.4 Å². The molecule has 0 spiro atoms. The molecule has 32 heavy (non-hydrogen) atoms. The third-order valence-corrected chi connectivity index (χ3v) is 6.00. The number of allylic oxidation sites excluding steroid dienone is 4. The van der Waals surface area contributed by atoms with Crippen LogP contribution in [0.4, 0.5) is 0 Å². The van der Waals surface area contributed by atoms with Crippen LogP contribution < -0.4 is 0 Å². The number of aliphatic hydroxyl groups excluding tert-OH is 2. The number of rotatable bonds is 16. The highest BCUT2D eigenvalue weighted by Gasteiger charge is 2.39. The Bertz CT molecular complexity index is 581. The molecule has 186 valence electrons. The van der Waals surface area contributed by atoms with Gasteiger partial charge in [0.1, 0.15) is 0 Å². The second-order valence-electron chi connectivity index (χ2n) is 9.52. The number of carbonyl (C=O) groups is 1. The third kappa shape index (κ3) is 11.1. The van der Waals surface area contributed by atoms with E-state index in [4.69, 9.17) is 14.6 Å². The van der Waals surface area contributed by atoms with Gasteiger partial charge in [-0.25, -0.2) is 4.79 Å². The average molecular weight is 455 g/mol. The second-order valence-corrected chi connectivity index (χ2v) is 9.52. The van der Waals surface area contributed by atoms with E-state index in [9.17, 15) is 15.0 Å². The fraction of sp³-hybridized carbons (Fsp3) is 0.808. The molecule has 0 radical (unpaired) electrons. The number of ether oxygens (including phenoxy) is 2. The molecule has 6 nitrogen and oxygen atoms in total. The standard InChI is InChI=1S/C26H46O6/c1-20(2)12-8-5-6-9-13-22-15-16-24(28)23(22)14-10-7-11-17-26(30,31-19-18-27)25(29)32-21(3)4/h9,12-13,21-24,27-28,30H,5-8,10-11,14-19H2,1-4H3/t22-,23+,24-,26?/m0/s1. The molecule has 3 N–H and O–H groups in total. The third-order valence-electron chi connectivity index (χ3n) is 6.00. The van der Waals surface area contributed by atoms with Gasteiger partial charge >= 0.3 is 5.97 Å². The van der Waals surface area contributed by atoms with E-state index in [0.29, 0.717) is 12.3 Å². The first-order chi connectivity index (χ1) is 15.2. The maximum atomic E-state index is 12.2. The Kier molecular flexibility index (Phi) is 14.0. The minimum Gasteiger partial charge on any atom is -0.459 e. The maximum Gasteiger partial charge on any atom is 0.366 e. The van der Waals surface area contributed by atoms with E-state index < -0.39 is 11.8 Å². The topological polar surface area (TPSA) is 96.2 Å². The van der Waals surface area contributed by atoms with Gasteiger partial charge in [-0.05, 0) is 84.5 Å². The van der Waals surface area contributed by atoms with Gasteiger partial charge in [-0.3, -0.25) is 0 Å². The molecule has 0 heterocycles. The lowest BCUT2D eigenvalue weighted by molar-refractivity contribution is -0.236. The molecule has 1 rings (SSSR count). The summed E-state index contributed by atoms with van der Waals surface area (Å²) in [6.07, 6.45) is 14.9. The van der Waals surface area contributed by atoms with Gasteiger partial charge in [-0.15, -0.1) is 0 Å².